The highest BCUT2D eigenvalue weighted by atomic mass is 16.2. The van der Waals surface area contributed by atoms with Gasteiger partial charge in [0.1, 0.15) is 0 Å². The number of hydrogen-bond donors (Lipinski definition) is 1. The normalized spacial score (nSPS) is 35.2. The predicted octanol–water partition coefficient (Wildman–Crippen LogP) is 1.07. The Morgan fingerprint density at radius 3 is 2.26 bits per heavy atom. The maximum absolute atomic E-state index is 12.2. The molecule has 4 aliphatic heterocycles. The average molecular weight is 265 g/mol. The lowest BCUT2D eigenvalue weighted by Crippen LogP contribution is -2.57. The lowest BCUT2D eigenvalue weighted by molar-refractivity contribution is -0.130. The van der Waals surface area contributed by atoms with E-state index in [1.807, 2.05) is 0 Å². The predicted molar refractivity (Wildman–Crippen MR) is 76.0 cm³/mol. The number of rotatable bonds is 3. The van der Waals surface area contributed by atoms with Gasteiger partial charge in [-0.3, -0.25) is 4.79 Å². The lowest BCUT2D eigenvalue weighted by Gasteiger charge is -2.45. The molecule has 4 rings (SSSR count). The van der Waals surface area contributed by atoms with Crippen LogP contribution < -0.4 is 5.32 Å². The Morgan fingerprint density at radius 1 is 1.00 bits per heavy atom. The Hall–Kier alpha value is -0.610. The van der Waals surface area contributed by atoms with E-state index in [1.54, 1.807) is 0 Å². The maximum Gasteiger partial charge on any atom is 0.236 e. The van der Waals surface area contributed by atoms with Gasteiger partial charge in [-0.25, -0.2) is 0 Å². The number of nitrogens with one attached hydrogen (secondary N) is 1. The maximum atomic E-state index is 12.2. The van der Waals surface area contributed by atoms with Crippen LogP contribution in [0.15, 0.2) is 0 Å². The van der Waals surface area contributed by atoms with Gasteiger partial charge in [-0.2, -0.15) is 0 Å². The molecule has 1 N–H and O–H groups in total. The lowest BCUT2D eigenvalue weighted by atomic mass is 9.84. The van der Waals surface area contributed by atoms with E-state index in [0.717, 1.165) is 25.6 Å². The van der Waals surface area contributed by atoms with Crippen LogP contribution in [0.4, 0.5) is 0 Å². The van der Waals surface area contributed by atoms with Gasteiger partial charge in [0.2, 0.25) is 5.91 Å². The molecule has 0 aromatic carbocycles. The number of carbonyl (C=O) groups is 1. The Morgan fingerprint density at radius 2 is 1.68 bits per heavy atom. The number of hydrogen-bond acceptors (Lipinski definition) is 3. The van der Waals surface area contributed by atoms with Crippen molar-refractivity contribution >= 4 is 5.91 Å². The summed E-state index contributed by atoms with van der Waals surface area (Å²) in [6.45, 7) is 6.18. The van der Waals surface area contributed by atoms with Crippen LogP contribution >= 0.6 is 0 Å². The number of amides is 1. The van der Waals surface area contributed by atoms with Crippen LogP contribution in [0.1, 0.15) is 38.5 Å². The third kappa shape index (κ3) is 3.29. The molecule has 1 amide bonds. The van der Waals surface area contributed by atoms with Crippen molar-refractivity contribution in [2.24, 2.45) is 5.92 Å². The van der Waals surface area contributed by atoms with Crippen LogP contribution in [0.5, 0.6) is 0 Å². The van der Waals surface area contributed by atoms with Crippen LogP contribution in [-0.2, 0) is 4.79 Å². The molecule has 4 heteroatoms. The second-order valence-corrected chi connectivity index (χ2v) is 6.42. The Kier molecular flexibility index (Phi) is 4.38. The number of piperidine rings is 3. The highest BCUT2D eigenvalue weighted by molar-refractivity contribution is 5.78. The van der Waals surface area contributed by atoms with Crippen molar-refractivity contribution in [1.29, 1.82) is 0 Å². The molecular weight excluding hydrogens is 238 g/mol. The minimum absolute atomic E-state index is 0.318. The van der Waals surface area contributed by atoms with E-state index in [-0.39, 0.29) is 0 Å². The van der Waals surface area contributed by atoms with E-state index in [4.69, 9.17) is 0 Å². The molecule has 108 valence electrons. The summed E-state index contributed by atoms with van der Waals surface area (Å²) in [6, 6.07) is 0.554. The molecular formula is C15H27N3O. The summed E-state index contributed by atoms with van der Waals surface area (Å²) in [4.78, 5) is 16.9. The summed E-state index contributed by atoms with van der Waals surface area (Å²) < 4.78 is 0. The fourth-order valence-corrected chi connectivity index (χ4v) is 3.85. The van der Waals surface area contributed by atoms with Gasteiger partial charge in [0.25, 0.3) is 0 Å². The molecule has 4 nitrogen and oxygen atoms in total. The van der Waals surface area contributed by atoms with Crippen molar-refractivity contribution in [1.82, 2.24) is 15.1 Å². The number of carbonyl (C=O) groups excluding carboxylic acids is 1. The van der Waals surface area contributed by atoms with Gasteiger partial charge >= 0.3 is 0 Å². The molecule has 4 saturated heterocycles. The molecule has 0 aromatic heterocycles. The Bertz CT molecular complexity index is 305. The van der Waals surface area contributed by atoms with Gasteiger partial charge in [0.15, 0.2) is 0 Å². The van der Waals surface area contributed by atoms with Crippen LogP contribution in [0.3, 0.4) is 0 Å². The van der Waals surface area contributed by atoms with Gasteiger partial charge in [-0.05, 0) is 44.7 Å². The third-order valence-electron chi connectivity index (χ3n) is 5.13. The summed E-state index contributed by atoms with van der Waals surface area (Å²) in [6.07, 6.45) is 7.58. The molecule has 1 unspecified atom stereocenters. The fourth-order valence-electron chi connectivity index (χ4n) is 3.85. The average Bonchev–Trinajstić information content (AvgIpc) is 2.75. The van der Waals surface area contributed by atoms with Crippen LogP contribution in [0.25, 0.3) is 0 Å². The standard InChI is InChI=1S/C15H27N3O/c19-15(18-7-3-1-2-4-8-18)11-16-14-12-17-9-5-13(14)6-10-17/h13-14,16H,1-12H2. The Balaban J connectivity index is 1.45. The van der Waals surface area contributed by atoms with Gasteiger partial charge < -0.3 is 15.1 Å². The molecule has 19 heavy (non-hydrogen) atoms. The summed E-state index contributed by atoms with van der Waals surface area (Å²) in [7, 11) is 0. The molecule has 4 fully saturated rings. The molecule has 0 spiro atoms. The van der Waals surface area contributed by atoms with E-state index in [2.05, 4.69) is 15.1 Å². The van der Waals surface area contributed by atoms with E-state index >= 15 is 0 Å². The minimum Gasteiger partial charge on any atom is -0.342 e. The second-order valence-electron chi connectivity index (χ2n) is 6.42. The zero-order valence-electron chi connectivity index (χ0n) is 11.9. The summed E-state index contributed by atoms with van der Waals surface area (Å²) >= 11 is 0. The number of nitrogens with zero attached hydrogens (tertiary/aromatic N) is 2. The molecule has 4 heterocycles. The monoisotopic (exact) mass is 265 g/mol. The molecule has 4 aliphatic rings. The quantitative estimate of drug-likeness (QED) is 0.829. The van der Waals surface area contributed by atoms with Gasteiger partial charge in [-0.1, -0.05) is 12.8 Å². The van der Waals surface area contributed by atoms with Gasteiger partial charge in [0, 0.05) is 25.7 Å². The zero-order valence-corrected chi connectivity index (χ0v) is 11.9. The van der Waals surface area contributed by atoms with Crippen LogP contribution in [0, 0.1) is 5.92 Å². The van der Waals surface area contributed by atoms with Crippen LogP contribution in [-0.4, -0.2) is 61.0 Å². The van der Waals surface area contributed by atoms with Crippen molar-refractivity contribution in [2.75, 3.05) is 39.3 Å². The van der Waals surface area contributed by atoms with Crippen molar-refractivity contribution in [3.8, 4) is 0 Å². The molecule has 0 radical (unpaired) electrons. The number of likely N-dealkylation sites (tertiary alicyclic amines) is 1. The summed E-state index contributed by atoms with van der Waals surface area (Å²) in [5.74, 6) is 1.13. The summed E-state index contributed by atoms with van der Waals surface area (Å²) in [5.41, 5.74) is 0. The van der Waals surface area contributed by atoms with E-state index in [0.29, 0.717) is 18.5 Å². The second kappa shape index (κ2) is 6.23. The van der Waals surface area contributed by atoms with E-state index in [1.165, 1.54) is 51.6 Å². The van der Waals surface area contributed by atoms with Gasteiger partial charge in [-0.15, -0.1) is 0 Å². The van der Waals surface area contributed by atoms with Crippen molar-refractivity contribution in [2.45, 2.75) is 44.6 Å². The SMILES string of the molecule is O=C(CNC1CN2CCC1CC2)N1CCCCCC1. The first-order chi connectivity index (χ1) is 9.33. The topological polar surface area (TPSA) is 35.6 Å². The van der Waals surface area contributed by atoms with Crippen molar-refractivity contribution in [3.05, 3.63) is 0 Å². The van der Waals surface area contributed by atoms with Crippen molar-refractivity contribution < 1.29 is 4.79 Å². The minimum atomic E-state index is 0.318. The molecule has 2 bridgehead atoms. The third-order valence-corrected chi connectivity index (χ3v) is 5.13. The smallest absolute Gasteiger partial charge is 0.236 e. The molecule has 0 aromatic rings. The highest BCUT2D eigenvalue weighted by Gasteiger charge is 2.34. The Labute approximate surface area is 116 Å². The molecule has 0 aliphatic carbocycles. The fraction of sp³-hybridized carbons (Fsp3) is 0.933. The summed E-state index contributed by atoms with van der Waals surface area (Å²) in [5, 5.41) is 3.54. The largest absolute Gasteiger partial charge is 0.342 e. The molecule has 1 atom stereocenters. The van der Waals surface area contributed by atoms with Crippen LogP contribution in [0.2, 0.25) is 0 Å². The first kappa shape index (κ1) is 13.4. The van der Waals surface area contributed by atoms with E-state index in [9.17, 15) is 4.79 Å². The first-order valence-corrected chi connectivity index (χ1v) is 8.06. The molecule has 0 saturated carbocycles. The first-order valence-electron chi connectivity index (χ1n) is 8.06. The highest BCUT2D eigenvalue weighted by Crippen LogP contribution is 2.27. The van der Waals surface area contributed by atoms with Gasteiger partial charge in [0.05, 0.1) is 6.54 Å². The van der Waals surface area contributed by atoms with Crippen molar-refractivity contribution in [3.63, 3.8) is 0 Å². The zero-order chi connectivity index (χ0) is 13.1. The number of fused-ring (bicyclic) bond motifs is 3. The van der Waals surface area contributed by atoms with E-state index < -0.39 is 0 Å².